The Balaban J connectivity index is 2.92. The van der Waals surface area contributed by atoms with Gasteiger partial charge in [0.2, 0.25) is 0 Å². The maximum Gasteiger partial charge on any atom is 0.152 e. The van der Waals surface area contributed by atoms with Crippen molar-refractivity contribution in [1.82, 2.24) is 9.55 Å². The summed E-state index contributed by atoms with van der Waals surface area (Å²) in [6.07, 6.45) is 3.52. The average Bonchev–Trinajstić information content (AvgIpc) is 2.33. The number of rotatable bonds is 2. The van der Waals surface area contributed by atoms with E-state index in [0.29, 0.717) is 0 Å². The van der Waals surface area contributed by atoms with E-state index in [-0.39, 0.29) is 11.8 Å². The van der Waals surface area contributed by atoms with Crippen LogP contribution in [0.5, 0.6) is 0 Å². The van der Waals surface area contributed by atoms with Crippen LogP contribution in [0, 0.1) is 6.92 Å². The van der Waals surface area contributed by atoms with Gasteiger partial charge in [0.05, 0.1) is 6.04 Å². The van der Waals surface area contributed by atoms with E-state index in [4.69, 9.17) is 0 Å². The molecule has 3 nitrogen and oxygen atoms in total. The van der Waals surface area contributed by atoms with Crippen molar-refractivity contribution in [2.24, 2.45) is 0 Å². The molecule has 1 atom stereocenters. The van der Waals surface area contributed by atoms with Crippen molar-refractivity contribution in [3.05, 3.63) is 18.2 Å². The molecule has 3 heteroatoms. The zero-order valence-corrected chi connectivity index (χ0v) is 7.03. The van der Waals surface area contributed by atoms with Crippen molar-refractivity contribution < 1.29 is 4.79 Å². The highest BCUT2D eigenvalue weighted by molar-refractivity contribution is 5.79. The Hall–Kier alpha value is -1.12. The van der Waals surface area contributed by atoms with Crippen molar-refractivity contribution in [3.8, 4) is 0 Å². The molecule has 0 aliphatic carbocycles. The number of nitrogens with zero attached hydrogens (tertiary/aromatic N) is 2. The fourth-order valence-electron chi connectivity index (χ4n) is 0.993. The number of hydrogen-bond donors (Lipinski definition) is 0. The van der Waals surface area contributed by atoms with E-state index in [1.165, 1.54) is 0 Å². The first kappa shape index (κ1) is 7.98. The Morgan fingerprint density at radius 2 is 2.36 bits per heavy atom. The molecule has 1 heterocycles. The van der Waals surface area contributed by atoms with E-state index in [1.54, 1.807) is 13.1 Å². The number of hydrogen-bond acceptors (Lipinski definition) is 2. The molecule has 0 radical (unpaired) electrons. The Bertz CT molecular complexity index is 265. The first-order chi connectivity index (χ1) is 5.13. The van der Waals surface area contributed by atoms with Gasteiger partial charge in [-0.1, -0.05) is 0 Å². The third-order valence-corrected chi connectivity index (χ3v) is 1.87. The topological polar surface area (TPSA) is 34.9 Å². The Morgan fingerprint density at radius 1 is 1.73 bits per heavy atom. The summed E-state index contributed by atoms with van der Waals surface area (Å²) in [6.45, 7) is 5.35. The summed E-state index contributed by atoms with van der Waals surface area (Å²) >= 11 is 0. The molecule has 1 aromatic rings. The summed E-state index contributed by atoms with van der Waals surface area (Å²) in [5.74, 6) is 1.04. The van der Waals surface area contributed by atoms with Crippen LogP contribution >= 0.6 is 0 Å². The molecule has 0 spiro atoms. The monoisotopic (exact) mass is 152 g/mol. The number of carbonyl (C=O) groups is 1. The van der Waals surface area contributed by atoms with Gasteiger partial charge >= 0.3 is 0 Å². The van der Waals surface area contributed by atoms with Gasteiger partial charge in [-0.15, -0.1) is 0 Å². The van der Waals surface area contributed by atoms with Gasteiger partial charge in [-0.05, 0) is 20.8 Å². The fourth-order valence-corrected chi connectivity index (χ4v) is 0.993. The van der Waals surface area contributed by atoms with Crippen molar-refractivity contribution in [2.75, 3.05) is 0 Å². The first-order valence-corrected chi connectivity index (χ1v) is 3.63. The summed E-state index contributed by atoms with van der Waals surface area (Å²) in [5.41, 5.74) is 0. The molecule has 11 heavy (non-hydrogen) atoms. The van der Waals surface area contributed by atoms with Gasteiger partial charge in [-0.25, -0.2) is 4.98 Å². The standard InChI is InChI=1S/C8H12N2O/c1-6(7(2)11)10-5-4-9-8(10)3/h4-6H,1-3H3. The highest BCUT2D eigenvalue weighted by Gasteiger charge is 2.10. The molecule has 0 N–H and O–H groups in total. The zero-order chi connectivity index (χ0) is 8.43. The second-order valence-corrected chi connectivity index (χ2v) is 2.67. The normalized spacial score (nSPS) is 13.0. The minimum absolute atomic E-state index is 0.0856. The Labute approximate surface area is 66.1 Å². The number of aryl methyl sites for hydroxylation is 1. The smallest absolute Gasteiger partial charge is 0.152 e. The van der Waals surface area contributed by atoms with Crippen molar-refractivity contribution in [3.63, 3.8) is 0 Å². The molecule has 1 aromatic heterocycles. The number of aromatic nitrogens is 2. The highest BCUT2D eigenvalue weighted by Crippen LogP contribution is 2.08. The third kappa shape index (κ3) is 1.48. The maximum atomic E-state index is 10.9. The molecular weight excluding hydrogens is 140 g/mol. The molecule has 1 rings (SSSR count). The lowest BCUT2D eigenvalue weighted by Gasteiger charge is -2.10. The first-order valence-electron chi connectivity index (χ1n) is 3.63. The minimum atomic E-state index is -0.0856. The van der Waals surface area contributed by atoms with Gasteiger partial charge in [0.15, 0.2) is 5.78 Å². The summed E-state index contributed by atoms with van der Waals surface area (Å²) in [4.78, 5) is 15.0. The average molecular weight is 152 g/mol. The molecule has 0 bridgehead atoms. The minimum Gasteiger partial charge on any atom is -0.325 e. The molecule has 0 aliphatic rings. The van der Waals surface area contributed by atoms with Crippen LogP contribution in [0.2, 0.25) is 0 Å². The lowest BCUT2D eigenvalue weighted by atomic mass is 10.2. The Morgan fingerprint density at radius 3 is 2.73 bits per heavy atom. The van der Waals surface area contributed by atoms with Gasteiger partial charge in [0.25, 0.3) is 0 Å². The second kappa shape index (κ2) is 2.86. The van der Waals surface area contributed by atoms with Crippen LogP contribution < -0.4 is 0 Å². The molecular formula is C8H12N2O. The quantitative estimate of drug-likeness (QED) is 0.641. The van der Waals surface area contributed by atoms with Gasteiger partial charge in [-0.2, -0.15) is 0 Å². The SMILES string of the molecule is CC(=O)C(C)n1ccnc1C. The van der Waals surface area contributed by atoms with Crippen LogP contribution in [-0.2, 0) is 4.79 Å². The molecule has 0 fully saturated rings. The van der Waals surface area contributed by atoms with Crippen LogP contribution in [0.1, 0.15) is 25.7 Å². The largest absolute Gasteiger partial charge is 0.325 e. The maximum absolute atomic E-state index is 10.9. The number of ketones is 1. The van der Waals surface area contributed by atoms with Crippen LogP contribution in [0.3, 0.4) is 0 Å². The molecule has 0 saturated heterocycles. The van der Waals surface area contributed by atoms with Crippen molar-refractivity contribution in [2.45, 2.75) is 26.8 Å². The van der Waals surface area contributed by atoms with Gasteiger partial charge in [0, 0.05) is 12.4 Å². The molecule has 0 amide bonds. The van der Waals surface area contributed by atoms with Gasteiger partial charge < -0.3 is 4.57 Å². The summed E-state index contributed by atoms with van der Waals surface area (Å²) in [7, 11) is 0. The summed E-state index contributed by atoms with van der Waals surface area (Å²) in [5, 5.41) is 0. The third-order valence-electron chi connectivity index (χ3n) is 1.87. The Kier molecular flexibility index (Phi) is 2.08. The van der Waals surface area contributed by atoms with Crippen LogP contribution in [0.25, 0.3) is 0 Å². The highest BCUT2D eigenvalue weighted by atomic mass is 16.1. The molecule has 0 aromatic carbocycles. The lowest BCUT2D eigenvalue weighted by molar-refractivity contribution is -0.119. The zero-order valence-electron chi connectivity index (χ0n) is 7.03. The van der Waals surface area contributed by atoms with Gasteiger partial charge in [0.1, 0.15) is 5.82 Å². The predicted molar refractivity (Wildman–Crippen MR) is 42.4 cm³/mol. The summed E-state index contributed by atoms with van der Waals surface area (Å²) < 4.78 is 1.86. The predicted octanol–water partition coefficient (Wildman–Crippen LogP) is 1.34. The molecule has 1 unspecified atom stereocenters. The number of imidazole rings is 1. The van der Waals surface area contributed by atoms with E-state index in [1.807, 2.05) is 24.6 Å². The second-order valence-electron chi connectivity index (χ2n) is 2.67. The molecule has 0 aliphatic heterocycles. The van der Waals surface area contributed by atoms with E-state index in [0.717, 1.165) is 5.82 Å². The molecule has 0 saturated carbocycles. The van der Waals surface area contributed by atoms with Crippen LogP contribution in [-0.4, -0.2) is 15.3 Å². The fraction of sp³-hybridized carbons (Fsp3) is 0.500. The lowest BCUT2D eigenvalue weighted by Crippen LogP contribution is -2.13. The van der Waals surface area contributed by atoms with Crippen LogP contribution in [0.4, 0.5) is 0 Å². The molecule has 60 valence electrons. The van der Waals surface area contributed by atoms with Crippen molar-refractivity contribution in [1.29, 1.82) is 0 Å². The van der Waals surface area contributed by atoms with E-state index < -0.39 is 0 Å². The van der Waals surface area contributed by atoms with Gasteiger partial charge in [-0.3, -0.25) is 4.79 Å². The van der Waals surface area contributed by atoms with Crippen molar-refractivity contribution >= 4 is 5.78 Å². The van der Waals surface area contributed by atoms with Crippen LogP contribution in [0.15, 0.2) is 12.4 Å². The number of Topliss-reactive ketones (excluding diaryl/α,β-unsaturated/α-hetero) is 1. The van der Waals surface area contributed by atoms with E-state index in [9.17, 15) is 4.79 Å². The van der Waals surface area contributed by atoms with E-state index >= 15 is 0 Å². The number of carbonyl (C=O) groups excluding carboxylic acids is 1. The van der Waals surface area contributed by atoms with E-state index in [2.05, 4.69) is 4.98 Å². The summed E-state index contributed by atoms with van der Waals surface area (Å²) in [6, 6.07) is -0.0856.